The molecule has 0 fully saturated rings. The van der Waals surface area contributed by atoms with Gasteiger partial charge in [-0.1, -0.05) is 35.3 Å². The number of nitrogens with one attached hydrogen (secondary N) is 1. The van der Waals surface area contributed by atoms with Crippen molar-refractivity contribution >= 4 is 51.7 Å². The third kappa shape index (κ3) is 4.05. The van der Waals surface area contributed by atoms with Crippen LogP contribution in [-0.4, -0.2) is 31.1 Å². The van der Waals surface area contributed by atoms with Crippen LogP contribution in [0.3, 0.4) is 0 Å². The van der Waals surface area contributed by atoms with Crippen LogP contribution in [0.5, 0.6) is 0 Å². The molecule has 0 aliphatic carbocycles. The van der Waals surface area contributed by atoms with Gasteiger partial charge < -0.3 is 10.4 Å². The maximum atomic E-state index is 12.7. The lowest BCUT2D eigenvalue weighted by atomic mass is 10.2. The predicted molar refractivity (Wildman–Crippen MR) is 103 cm³/mol. The van der Waals surface area contributed by atoms with E-state index in [-0.39, 0.29) is 26.9 Å². The molecule has 0 aliphatic heterocycles. The Hall–Kier alpha value is -3.17. The Morgan fingerprint density at radius 1 is 1.04 bits per heavy atom. The number of carbonyl (C=O) groups is 2. The van der Waals surface area contributed by atoms with Crippen molar-refractivity contribution in [2.75, 3.05) is 5.32 Å². The van der Waals surface area contributed by atoms with Crippen molar-refractivity contribution in [3.8, 4) is 0 Å². The molecule has 3 rings (SSSR count). The average molecular weight is 423 g/mol. The molecule has 0 aliphatic rings. The summed E-state index contributed by atoms with van der Waals surface area (Å²) in [6.07, 6.45) is 0. The summed E-state index contributed by atoms with van der Waals surface area (Å²) in [5.74, 6) is -1.96. The molecular formula is C17H12Cl2N4O5. The first-order valence-corrected chi connectivity index (χ1v) is 8.59. The van der Waals surface area contributed by atoms with Crippen LogP contribution in [0.15, 0.2) is 46.0 Å². The number of halogens is 2. The minimum atomic E-state index is -1.36. The number of aliphatic carboxylic acids is 1. The third-order valence-corrected chi connectivity index (χ3v) is 4.16. The van der Waals surface area contributed by atoms with Crippen molar-refractivity contribution < 1.29 is 14.7 Å². The maximum absolute atomic E-state index is 12.7. The molecule has 11 heteroatoms. The summed E-state index contributed by atoms with van der Waals surface area (Å²) >= 11 is 11.6. The van der Waals surface area contributed by atoms with E-state index in [0.29, 0.717) is 4.57 Å². The smallest absolute Gasteiger partial charge is 0.332 e. The van der Waals surface area contributed by atoms with E-state index in [1.54, 1.807) is 12.1 Å². The summed E-state index contributed by atoms with van der Waals surface area (Å²) in [6, 6.07) is 8.86. The number of anilines is 1. The topological polar surface area (TPSA) is 123 Å². The molecule has 1 amide bonds. The molecule has 2 aromatic heterocycles. The average Bonchev–Trinajstić information content (AvgIpc) is 2.61. The van der Waals surface area contributed by atoms with Crippen LogP contribution >= 0.6 is 23.2 Å². The number of fused-ring (bicyclic) bond motifs is 1. The van der Waals surface area contributed by atoms with Gasteiger partial charge in [0.1, 0.15) is 23.4 Å². The van der Waals surface area contributed by atoms with E-state index in [0.717, 1.165) is 4.57 Å². The van der Waals surface area contributed by atoms with Crippen molar-refractivity contribution in [1.29, 1.82) is 0 Å². The van der Waals surface area contributed by atoms with Crippen molar-refractivity contribution in [3.05, 3.63) is 67.5 Å². The minimum absolute atomic E-state index is 0.0698. The number of carbonyl (C=O) groups excluding carboxylic acids is 1. The number of rotatable bonds is 5. The number of hydrogen-bond donors (Lipinski definition) is 2. The highest BCUT2D eigenvalue weighted by Crippen LogP contribution is 2.18. The van der Waals surface area contributed by atoms with E-state index in [9.17, 15) is 19.2 Å². The molecule has 2 heterocycles. The number of para-hydroxylation sites is 1. The maximum Gasteiger partial charge on any atom is 0.332 e. The highest BCUT2D eigenvalue weighted by Gasteiger charge is 2.17. The fourth-order valence-electron chi connectivity index (χ4n) is 2.68. The fourth-order valence-corrected chi connectivity index (χ4v) is 3.14. The SMILES string of the molecule is O=C(O)Cn1c(=O)c2ccccc2n(CC(=O)Nc2cc(Cl)nc(Cl)c2)c1=O. The quantitative estimate of drug-likeness (QED) is 0.601. The number of aromatic nitrogens is 3. The molecule has 28 heavy (non-hydrogen) atoms. The second-order valence-corrected chi connectivity index (χ2v) is 6.49. The molecule has 0 spiro atoms. The van der Waals surface area contributed by atoms with Crippen LogP contribution in [0.4, 0.5) is 5.69 Å². The summed E-state index contributed by atoms with van der Waals surface area (Å²) in [5.41, 5.74) is -1.18. The Balaban J connectivity index is 2.04. The van der Waals surface area contributed by atoms with Gasteiger partial charge in [0.25, 0.3) is 5.56 Å². The van der Waals surface area contributed by atoms with E-state index >= 15 is 0 Å². The fraction of sp³-hybridized carbons (Fsp3) is 0.118. The predicted octanol–water partition coefficient (Wildman–Crippen LogP) is 1.59. The lowest BCUT2D eigenvalue weighted by Gasteiger charge is -2.13. The second kappa shape index (κ2) is 7.83. The summed E-state index contributed by atoms with van der Waals surface area (Å²) in [4.78, 5) is 52.3. The number of carboxylic acids is 1. The van der Waals surface area contributed by atoms with Gasteiger partial charge in [0.05, 0.1) is 10.9 Å². The van der Waals surface area contributed by atoms with E-state index < -0.39 is 36.2 Å². The van der Waals surface area contributed by atoms with Gasteiger partial charge in [-0.2, -0.15) is 0 Å². The summed E-state index contributed by atoms with van der Waals surface area (Å²) in [5, 5.41) is 11.8. The van der Waals surface area contributed by atoms with E-state index in [1.165, 1.54) is 24.3 Å². The first-order chi connectivity index (χ1) is 13.3. The zero-order valence-electron chi connectivity index (χ0n) is 14.1. The van der Waals surface area contributed by atoms with Gasteiger partial charge in [-0.15, -0.1) is 0 Å². The lowest BCUT2D eigenvalue weighted by Crippen LogP contribution is -2.43. The molecule has 3 aromatic rings. The zero-order valence-corrected chi connectivity index (χ0v) is 15.6. The Labute approximate surface area is 166 Å². The van der Waals surface area contributed by atoms with Gasteiger partial charge in [0, 0.05) is 5.69 Å². The molecule has 0 radical (unpaired) electrons. The normalized spacial score (nSPS) is 10.8. The molecular weight excluding hydrogens is 411 g/mol. The molecule has 0 saturated heterocycles. The Morgan fingerprint density at radius 3 is 2.32 bits per heavy atom. The van der Waals surface area contributed by atoms with Gasteiger partial charge in [0.15, 0.2) is 0 Å². The summed E-state index contributed by atoms with van der Waals surface area (Å²) in [6.45, 7) is -1.28. The number of hydrogen-bond acceptors (Lipinski definition) is 5. The number of pyridine rings is 1. The highest BCUT2D eigenvalue weighted by atomic mass is 35.5. The first-order valence-electron chi connectivity index (χ1n) is 7.83. The number of benzene rings is 1. The standard InChI is InChI=1S/C17H12Cl2N4O5/c18-12-5-9(6-13(19)21-12)20-14(24)7-22-11-4-2-1-3-10(11)16(27)23(17(22)28)8-15(25)26/h1-6H,7-8H2,(H,25,26)(H,20,21,24). The monoisotopic (exact) mass is 422 g/mol. The van der Waals surface area contributed by atoms with Crippen molar-refractivity contribution in [2.45, 2.75) is 13.1 Å². The molecule has 0 atom stereocenters. The molecule has 0 saturated carbocycles. The molecule has 0 bridgehead atoms. The van der Waals surface area contributed by atoms with Crippen molar-refractivity contribution in [2.24, 2.45) is 0 Å². The number of amides is 1. The van der Waals surface area contributed by atoms with Crippen molar-refractivity contribution in [1.82, 2.24) is 14.1 Å². The molecule has 1 aromatic carbocycles. The first kappa shape index (κ1) is 19.6. The van der Waals surface area contributed by atoms with Crippen LogP contribution in [0, 0.1) is 0 Å². The number of nitrogens with zero attached hydrogens (tertiary/aromatic N) is 3. The van der Waals surface area contributed by atoms with Gasteiger partial charge in [-0.05, 0) is 24.3 Å². The summed E-state index contributed by atoms with van der Waals surface area (Å²) in [7, 11) is 0. The Morgan fingerprint density at radius 2 is 1.68 bits per heavy atom. The van der Waals surface area contributed by atoms with Crippen LogP contribution < -0.4 is 16.6 Å². The van der Waals surface area contributed by atoms with Gasteiger partial charge in [0.2, 0.25) is 5.91 Å². The van der Waals surface area contributed by atoms with Crippen LogP contribution in [0.1, 0.15) is 0 Å². The zero-order chi connectivity index (χ0) is 20.4. The number of carboxylic acid groups (broad SMARTS) is 1. The van der Waals surface area contributed by atoms with Gasteiger partial charge >= 0.3 is 11.7 Å². The molecule has 2 N–H and O–H groups in total. The molecule has 144 valence electrons. The third-order valence-electron chi connectivity index (χ3n) is 3.77. The van der Waals surface area contributed by atoms with Crippen LogP contribution in [0.2, 0.25) is 10.3 Å². The van der Waals surface area contributed by atoms with Gasteiger partial charge in [-0.25, -0.2) is 14.3 Å². The lowest BCUT2D eigenvalue weighted by molar-refractivity contribution is -0.137. The van der Waals surface area contributed by atoms with Crippen LogP contribution in [0.25, 0.3) is 10.9 Å². The summed E-state index contributed by atoms with van der Waals surface area (Å²) < 4.78 is 1.59. The van der Waals surface area contributed by atoms with E-state index in [1.807, 2.05) is 0 Å². The molecule has 0 unspecified atom stereocenters. The van der Waals surface area contributed by atoms with Gasteiger partial charge in [-0.3, -0.25) is 19.0 Å². The highest BCUT2D eigenvalue weighted by molar-refractivity contribution is 6.33. The van der Waals surface area contributed by atoms with Crippen molar-refractivity contribution in [3.63, 3.8) is 0 Å². The van der Waals surface area contributed by atoms with E-state index in [2.05, 4.69) is 10.3 Å². The minimum Gasteiger partial charge on any atom is -0.480 e. The van der Waals surface area contributed by atoms with E-state index in [4.69, 9.17) is 28.3 Å². The second-order valence-electron chi connectivity index (χ2n) is 5.72. The van der Waals surface area contributed by atoms with Crippen LogP contribution in [-0.2, 0) is 22.7 Å². The molecule has 9 nitrogen and oxygen atoms in total. The Kier molecular flexibility index (Phi) is 5.48. The Bertz CT molecular complexity index is 1200. The largest absolute Gasteiger partial charge is 0.480 e.